The van der Waals surface area contributed by atoms with Gasteiger partial charge in [-0.25, -0.2) is 4.42 Å². The number of nitrogens with zero attached hydrogens (tertiary/aromatic N) is 1. The molecule has 7 nitrogen and oxygen atoms in total. The second-order valence-corrected chi connectivity index (χ2v) is 7.51. The minimum Gasteiger partial charge on any atom is -0.466 e. The Morgan fingerprint density at radius 2 is 1.61 bits per heavy atom. The number of furan rings is 1. The van der Waals surface area contributed by atoms with Gasteiger partial charge in [-0.05, 0) is 32.0 Å². The smallest absolute Gasteiger partial charge is 0.259 e. The number of rotatable bonds is 3. The van der Waals surface area contributed by atoms with Crippen LogP contribution < -0.4 is 9.74 Å². The van der Waals surface area contributed by atoms with Crippen LogP contribution in [0.25, 0.3) is 0 Å². The van der Waals surface area contributed by atoms with Gasteiger partial charge in [0.25, 0.3) is 5.91 Å². The van der Waals surface area contributed by atoms with E-state index in [1.165, 1.54) is 19.1 Å². The largest absolute Gasteiger partial charge is 0.466 e. The number of ketones is 2. The zero-order valence-electron chi connectivity index (χ0n) is 16.9. The van der Waals surface area contributed by atoms with Gasteiger partial charge in [0.1, 0.15) is 11.5 Å². The zero-order chi connectivity index (χ0) is 22.4. The van der Waals surface area contributed by atoms with E-state index in [2.05, 4.69) is 5.32 Å². The summed E-state index contributed by atoms with van der Waals surface area (Å²) in [7, 11) is 0. The fraction of sp³-hybridized carbons (Fsp3) is 0.130. The molecule has 0 aliphatic heterocycles. The standard InChI is InChI=1S/C23H17ClN2O5/c1-11-10-17(12(2)31-11)23(30)25-20-18(26(24)13(3)27)9-8-16-19(20)22(29)15-7-5-4-6-14(15)21(16)28/h4-10H,1-3H3,(H,25,30). The number of amides is 2. The Balaban J connectivity index is 1.92. The van der Waals surface area contributed by atoms with Crippen LogP contribution in [0.1, 0.15) is 60.6 Å². The van der Waals surface area contributed by atoms with E-state index in [4.69, 9.17) is 16.2 Å². The van der Waals surface area contributed by atoms with Gasteiger partial charge in [0, 0.05) is 35.4 Å². The average Bonchev–Trinajstić information content (AvgIpc) is 3.09. The summed E-state index contributed by atoms with van der Waals surface area (Å²) in [5, 5.41) is 2.68. The molecule has 2 amide bonds. The molecule has 0 atom stereocenters. The van der Waals surface area contributed by atoms with Crippen LogP contribution in [0, 0.1) is 13.8 Å². The van der Waals surface area contributed by atoms with Crippen molar-refractivity contribution in [2.75, 3.05) is 9.74 Å². The van der Waals surface area contributed by atoms with Gasteiger partial charge in [0.15, 0.2) is 11.6 Å². The quantitative estimate of drug-likeness (QED) is 0.479. The van der Waals surface area contributed by atoms with Crippen molar-refractivity contribution in [1.29, 1.82) is 0 Å². The summed E-state index contributed by atoms with van der Waals surface area (Å²) in [6.07, 6.45) is 0. The van der Waals surface area contributed by atoms with E-state index in [1.807, 2.05) is 0 Å². The number of carbonyl (C=O) groups is 4. The monoisotopic (exact) mass is 436 g/mol. The summed E-state index contributed by atoms with van der Waals surface area (Å²) in [6, 6.07) is 10.9. The zero-order valence-corrected chi connectivity index (χ0v) is 17.7. The van der Waals surface area contributed by atoms with E-state index >= 15 is 0 Å². The highest BCUT2D eigenvalue weighted by molar-refractivity contribution is 6.39. The highest BCUT2D eigenvalue weighted by atomic mass is 35.5. The molecule has 4 rings (SSSR count). The molecule has 156 valence electrons. The van der Waals surface area contributed by atoms with Gasteiger partial charge >= 0.3 is 0 Å². The summed E-state index contributed by atoms with van der Waals surface area (Å²) in [5.41, 5.74) is 0.932. The first-order valence-electron chi connectivity index (χ1n) is 9.41. The molecular weight excluding hydrogens is 420 g/mol. The molecule has 0 bridgehead atoms. The Labute approximate surface area is 182 Å². The van der Waals surface area contributed by atoms with Crippen LogP contribution in [0.2, 0.25) is 0 Å². The lowest BCUT2D eigenvalue weighted by Crippen LogP contribution is -2.27. The van der Waals surface area contributed by atoms with Crippen LogP contribution in [-0.2, 0) is 4.79 Å². The fourth-order valence-corrected chi connectivity index (χ4v) is 3.81. The first kappa shape index (κ1) is 20.6. The predicted octanol–water partition coefficient (Wildman–Crippen LogP) is 4.43. The second kappa shape index (κ2) is 7.52. The third kappa shape index (κ3) is 3.33. The van der Waals surface area contributed by atoms with Crippen LogP contribution in [0.4, 0.5) is 11.4 Å². The molecule has 0 saturated carbocycles. The molecule has 1 N–H and O–H groups in total. The van der Waals surface area contributed by atoms with Crippen LogP contribution in [0.15, 0.2) is 46.9 Å². The number of benzene rings is 2. The van der Waals surface area contributed by atoms with Crippen molar-refractivity contribution in [2.24, 2.45) is 0 Å². The maximum atomic E-state index is 13.3. The van der Waals surface area contributed by atoms with Crippen LogP contribution in [0.5, 0.6) is 0 Å². The Kier molecular flexibility index (Phi) is 4.99. The van der Waals surface area contributed by atoms with Crippen molar-refractivity contribution in [3.8, 4) is 0 Å². The van der Waals surface area contributed by atoms with E-state index in [0.717, 1.165) is 4.42 Å². The highest BCUT2D eigenvalue weighted by Gasteiger charge is 2.34. The number of anilines is 2. The molecule has 1 aliphatic rings. The number of fused-ring (bicyclic) bond motifs is 2. The first-order valence-corrected chi connectivity index (χ1v) is 9.74. The molecule has 8 heteroatoms. The second-order valence-electron chi connectivity index (χ2n) is 7.17. The molecule has 0 spiro atoms. The van der Waals surface area contributed by atoms with Crippen molar-refractivity contribution in [3.63, 3.8) is 0 Å². The average molecular weight is 437 g/mol. The van der Waals surface area contributed by atoms with Gasteiger partial charge in [-0.3, -0.25) is 19.2 Å². The minimum absolute atomic E-state index is 0.0145. The molecule has 0 unspecified atom stereocenters. The molecule has 31 heavy (non-hydrogen) atoms. The van der Waals surface area contributed by atoms with E-state index in [-0.39, 0.29) is 45.0 Å². The van der Waals surface area contributed by atoms with Crippen molar-refractivity contribution in [2.45, 2.75) is 20.8 Å². The molecule has 1 aliphatic carbocycles. The molecule has 1 aromatic heterocycles. The molecule has 0 fully saturated rings. The van der Waals surface area contributed by atoms with Gasteiger partial charge in [-0.15, -0.1) is 0 Å². The summed E-state index contributed by atoms with van der Waals surface area (Å²) in [5.74, 6) is -0.953. The van der Waals surface area contributed by atoms with E-state index in [1.54, 1.807) is 44.2 Å². The van der Waals surface area contributed by atoms with Crippen molar-refractivity contribution >= 4 is 46.5 Å². The van der Waals surface area contributed by atoms with Crippen LogP contribution in [-0.4, -0.2) is 23.4 Å². The number of carbonyl (C=O) groups excluding carboxylic acids is 4. The Morgan fingerprint density at radius 3 is 2.19 bits per heavy atom. The lowest BCUT2D eigenvalue weighted by Gasteiger charge is -2.24. The van der Waals surface area contributed by atoms with Crippen molar-refractivity contribution in [1.82, 2.24) is 0 Å². The van der Waals surface area contributed by atoms with Crippen LogP contribution in [0.3, 0.4) is 0 Å². The summed E-state index contributed by atoms with van der Waals surface area (Å²) >= 11 is 6.16. The summed E-state index contributed by atoms with van der Waals surface area (Å²) in [4.78, 5) is 51.3. The van der Waals surface area contributed by atoms with Gasteiger partial charge in [-0.2, -0.15) is 0 Å². The molecule has 0 saturated heterocycles. The van der Waals surface area contributed by atoms with Gasteiger partial charge in [0.05, 0.1) is 22.5 Å². The van der Waals surface area contributed by atoms with Crippen molar-refractivity contribution < 1.29 is 23.6 Å². The van der Waals surface area contributed by atoms with Gasteiger partial charge in [0.2, 0.25) is 5.91 Å². The van der Waals surface area contributed by atoms with E-state index in [0.29, 0.717) is 11.5 Å². The molecule has 0 radical (unpaired) electrons. The third-order valence-electron chi connectivity index (χ3n) is 5.08. The lowest BCUT2D eigenvalue weighted by atomic mass is 9.82. The number of nitrogens with one attached hydrogen (secondary N) is 1. The highest BCUT2D eigenvalue weighted by Crippen LogP contribution is 2.39. The topological polar surface area (TPSA) is 96.7 Å². The molecule has 3 aromatic rings. The molecular formula is C23H17ClN2O5. The minimum atomic E-state index is -0.559. The van der Waals surface area contributed by atoms with Gasteiger partial charge < -0.3 is 9.73 Å². The third-order valence-corrected chi connectivity index (χ3v) is 5.50. The van der Waals surface area contributed by atoms with Gasteiger partial charge in [-0.1, -0.05) is 24.3 Å². The lowest BCUT2D eigenvalue weighted by molar-refractivity contribution is -0.115. The van der Waals surface area contributed by atoms with E-state index in [9.17, 15) is 19.2 Å². The number of hydrogen-bond donors (Lipinski definition) is 1. The van der Waals surface area contributed by atoms with E-state index < -0.39 is 17.6 Å². The maximum absolute atomic E-state index is 13.3. The molecule has 2 aromatic carbocycles. The SMILES string of the molecule is CC(=O)N(Cl)c1ccc2c(c1NC(=O)c1cc(C)oc1C)C(=O)c1ccccc1C2=O. The normalized spacial score (nSPS) is 12.3. The molecule has 1 heterocycles. The fourth-order valence-electron chi connectivity index (χ4n) is 3.67. The Hall–Kier alpha value is -3.71. The number of halogens is 1. The summed E-state index contributed by atoms with van der Waals surface area (Å²) in [6.45, 7) is 4.58. The first-order chi connectivity index (χ1) is 14.7. The Bertz CT molecular complexity index is 1290. The maximum Gasteiger partial charge on any atom is 0.259 e. The van der Waals surface area contributed by atoms with Crippen molar-refractivity contribution in [3.05, 3.63) is 81.8 Å². The van der Waals surface area contributed by atoms with Crippen LogP contribution >= 0.6 is 11.8 Å². The number of aryl methyl sites for hydroxylation is 2. The number of hydrogen-bond acceptors (Lipinski definition) is 5. The Morgan fingerprint density at radius 1 is 0.968 bits per heavy atom. The summed E-state index contributed by atoms with van der Waals surface area (Å²) < 4.78 is 6.21. The predicted molar refractivity (Wildman–Crippen MR) is 115 cm³/mol.